The van der Waals surface area contributed by atoms with E-state index in [0.29, 0.717) is 12.2 Å². The van der Waals surface area contributed by atoms with Crippen molar-refractivity contribution in [3.63, 3.8) is 0 Å². The normalized spacial score (nSPS) is 10.0. The van der Waals surface area contributed by atoms with Crippen LogP contribution in [-0.2, 0) is 9.53 Å². The molecule has 4 heteroatoms. The summed E-state index contributed by atoms with van der Waals surface area (Å²) in [5.41, 5.74) is 5.48. The van der Waals surface area contributed by atoms with Gasteiger partial charge in [0.15, 0.2) is 0 Å². The molecule has 60 valence electrons. The van der Waals surface area contributed by atoms with Crippen molar-refractivity contribution in [3.05, 3.63) is 11.8 Å². The number of nitrogens with two attached hydrogens (primary N) is 1. The molecule has 0 rings (SSSR count). The Hall–Kier alpha value is -0.700. The van der Waals surface area contributed by atoms with Crippen LogP contribution in [0.25, 0.3) is 0 Å². The van der Waals surface area contributed by atoms with Gasteiger partial charge in [-0.2, -0.15) is 0 Å². The molecule has 0 heterocycles. The van der Waals surface area contributed by atoms with Crippen molar-refractivity contribution in [1.82, 2.24) is 0 Å². The van der Waals surface area contributed by atoms with E-state index >= 15 is 0 Å². The van der Waals surface area contributed by atoms with Gasteiger partial charge in [-0.15, -0.1) is 12.4 Å². The van der Waals surface area contributed by atoms with E-state index in [2.05, 4.69) is 4.74 Å². The first-order chi connectivity index (χ1) is 4.22. The first-order valence-electron chi connectivity index (χ1n) is 2.78. The maximum atomic E-state index is 10.6. The largest absolute Gasteiger partial charge is 0.463 e. The van der Waals surface area contributed by atoms with Gasteiger partial charge in [-0.3, -0.25) is 0 Å². The molecule has 0 spiro atoms. The van der Waals surface area contributed by atoms with E-state index in [1.54, 1.807) is 13.8 Å². The highest BCUT2D eigenvalue weighted by Crippen LogP contribution is 1.91. The van der Waals surface area contributed by atoms with Gasteiger partial charge in [0, 0.05) is 11.8 Å². The number of esters is 1. The fourth-order valence-electron chi connectivity index (χ4n) is 0.313. The standard InChI is InChI=1S/C6H11NO2.ClH/c1-3-9-6(8)5(2)4-7;/h4H,3,7H2,1-2H3;1H. The number of hydrogen-bond acceptors (Lipinski definition) is 3. The summed E-state index contributed by atoms with van der Waals surface area (Å²) in [4.78, 5) is 10.6. The van der Waals surface area contributed by atoms with Gasteiger partial charge in [0.1, 0.15) is 0 Å². The fourth-order valence-corrected chi connectivity index (χ4v) is 0.313. The summed E-state index contributed by atoms with van der Waals surface area (Å²) < 4.78 is 4.61. The predicted octanol–water partition coefficient (Wildman–Crippen LogP) is 0.834. The number of carbonyl (C=O) groups is 1. The minimum atomic E-state index is -0.347. The van der Waals surface area contributed by atoms with Crippen molar-refractivity contribution in [2.24, 2.45) is 5.73 Å². The summed E-state index contributed by atoms with van der Waals surface area (Å²) in [5, 5.41) is 0. The zero-order valence-corrected chi connectivity index (χ0v) is 6.90. The van der Waals surface area contributed by atoms with Crippen molar-refractivity contribution in [2.75, 3.05) is 6.61 Å². The summed E-state index contributed by atoms with van der Waals surface area (Å²) in [6.45, 7) is 3.75. The van der Waals surface area contributed by atoms with E-state index in [0.717, 1.165) is 0 Å². The van der Waals surface area contributed by atoms with Crippen LogP contribution >= 0.6 is 12.4 Å². The summed E-state index contributed by atoms with van der Waals surface area (Å²) in [5.74, 6) is -0.347. The van der Waals surface area contributed by atoms with Crippen LogP contribution in [0.4, 0.5) is 0 Å². The molecule has 0 saturated carbocycles. The van der Waals surface area contributed by atoms with Gasteiger partial charge in [-0.1, -0.05) is 0 Å². The third-order valence-corrected chi connectivity index (χ3v) is 0.847. The lowest BCUT2D eigenvalue weighted by Gasteiger charge is -1.98. The molecule has 0 aliphatic rings. The molecule has 0 amide bonds. The number of rotatable bonds is 2. The lowest BCUT2D eigenvalue weighted by Crippen LogP contribution is -2.06. The van der Waals surface area contributed by atoms with Crippen molar-refractivity contribution in [2.45, 2.75) is 13.8 Å². The molecule has 0 aromatic rings. The minimum Gasteiger partial charge on any atom is -0.463 e. The van der Waals surface area contributed by atoms with Gasteiger partial charge in [0.25, 0.3) is 0 Å². The van der Waals surface area contributed by atoms with Crippen molar-refractivity contribution in [3.8, 4) is 0 Å². The molecule has 3 nitrogen and oxygen atoms in total. The van der Waals surface area contributed by atoms with Gasteiger partial charge >= 0.3 is 5.97 Å². The number of ether oxygens (including phenoxy) is 1. The number of halogens is 1. The number of hydrogen-bond donors (Lipinski definition) is 1. The third-order valence-electron chi connectivity index (χ3n) is 0.847. The lowest BCUT2D eigenvalue weighted by atomic mass is 10.3. The van der Waals surface area contributed by atoms with Gasteiger partial charge in [-0.05, 0) is 13.8 Å². The highest BCUT2D eigenvalue weighted by atomic mass is 35.5. The second kappa shape index (κ2) is 6.42. The van der Waals surface area contributed by atoms with Crippen LogP contribution in [0.15, 0.2) is 11.8 Å². The minimum absolute atomic E-state index is 0. The molecule has 0 aliphatic carbocycles. The molecular formula is C6H12ClNO2. The van der Waals surface area contributed by atoms with E-state index in [1.165, 1.54) is 6.20 Å². The molecule has 0 saturated heterocycles. The van der Waals surface area contributed by atoms with Crippen LogP contribution in [0.5, 0.6) is 0 Å². The highest BCUT2D eigenvalue weighted by molar-refractivity contribution is 5.87. The van der Waals surface area contributed by atoms with Gasteiger partial charge < -0.3 is 10.5 Å². The number of carbonyl (C=O) groups excluding carboxylic acids is 1. The monoisotopic (exact) mass is 165 g/mol. The fraction of sp³-hybridized carbons (Fsp3) is 0.500. The zero-order chi connectivity index (χ0) is 7.28. The second-order valence-electron chi connectivity index (χ2n) is 1.57. The van der Waals surface area contributed by atoms with Crippen LogP contribution < -0.4 is 5.73 Å². The Bertz CT molecular complexity index is 134. The predicted molar refractivity (Wildman–Crippen MR) is 41.8 cm³/mol. The van der Waals surface area contributed by atoms with E-state index in [-0.39, 0.29) is 18.4 Å². The molecule has 0 aromatic heterocycles. The molecule has 0 unspecified atom stereocenters. The van der Waals surface area contributed by atoms with Crippen LogP contribution in [0.2, 0.25) is 0 Å². The third kappa shape index (κ3) is 4.21. The Kier molecular flexibility index (Phi) is 7.72. The van der Waals surface area contributed by atoms with Crippen molar-refractivity contribution in [1.29, 1.82) is 0 Å². The van der Waals surface area contributed by atoms with Crippen LogP contribution in [0.3, 0.4) is 0 Å². The lowest BCUT2D eigenvalue weighted by molar-refractivity contribution is -0.138. The van der Waals surface area contributed by atoms with Crippen LogP contribution in [0.1, 0.15) is 13.8 Å². The van der Waals surface area contributed by atoms with Crippen molar-refractivity contribution < 1.29 is 9.53 Å². The maximum absolute atomic E-state index is 10.6. The Morgan fingerprint density at radius 1 is 1.70 bits per heavy atom. The van der Waals surface area contributed by atoms with E-state index in [4.69, 9.17) is 5.73 Å². The van der Waals surface area contributed by atoms with E-state index < -0.39 is 0 Å². The quantitative estimate of drug-likeness (QED) is 0.487. The summed E-state index contributed by atoms with van der Waals surface area (Å²) in [6, 6.07) is 0. The molecule has 2 N–H and O–H groups in total. The average Bonchev–Trinajstić information content (AvgIpc) is 1.87. The average molecular weight is 166 g/mol. The highest BCUT2D eigenvalue weighted by Gasteiger charge is 2.00. The molecule has 0 aliphatic heterocycles. The molecule has 10 heavy (non-hydrogen) atoms. The molecule has 0 aromatic carbocycles. The maximum Gasteiger partial charge on any atom is 0.335 e. The SMILES string of the molecule is CCOC(=O)C(C)=CN.Cl. The Morgan fingerprint density at radius 3 is 2.50 bits per heavy atom. The summed E-state index contributed by atoms with van der Waals surface area (Å²) in [6.07, 6.45) is 1.23. The molecule has 0 radical (unpaired) electrons. The zero-order valence-electron chi connectivity index (χ0n) is 6.09. The van der Waals surface area contributed by atoms with Crippen molar-refractivity contribution >= 4 is 18.4 Å². The first kappa shape index (κ1) is 12.0. The van der Waals surface area contributed by atoms with Gasteiger partial charge in [0.2, 0.25) is 0 Å². The smallest absolute Gasteiger partial charge is 0.335 e. The Morgan fingerprint density at radius 2 is 2.20 bits per heavy atom. The summed E-state index contributed by atoms with van der Waals surface area (Å²) >= 11 is 0. The van der Waals surface area contributed by atoms with Crippen LogP contribution in [0, 0.1) is 0 Å². The van der Waals surface area contributed by atoms with Crippen LogP contribution in [-0.4, -0.2) is 12.6 Å². The summed E-state index contributed by atoms with van der Waals surface area (Å²) in [7, 11) is 0. The topological polar surface area (TPSA) is 52.3 Å². The van der Waals surface area contributed by atoms with Gasteiger partial charge in [0.05, 0.1) is 6.61 Å². The first-order valence-corrected chi connectivity index (χ1v) is 2.78. The molecular weight excluding hydrogens is 154 g/mol. The van der Waals surface area contributed by atoms with E-state index in [9.17, 15) is 4.79 Å². The Labute approximate surface area is 66.6 Å². The second-order valence-corrected chi connectivity index (χ2v) is 1.57. The molecule has 0 atom stereocenters. The Balaban J connectivity index is 0. The van der Waals surface area contributed by atoms with E-state index in [1.807, 2.05) is 0 Å². The van der Waals surface area contributed by atoms with Gasteiger partial charge in [-0.25, -0.2) is 4.79 Å². The molecule has 0 bridgehead atoms. The molecule has 0 fully saturated rings.